The van der Waals surface area contributed by atoms with Gasteiger partial charge in [0.25, 0.3) is 5.91 Å². The van der Waals surface area contributed by atoms with Crippen molar-refractivity contribution in [2.75, 3.05) is 6.54 Å². The third-order valence-electron chi connectivity index (χ3n) is 5.55. The molecule has 0 radical (unpaired) electrons. The lowest BCUT2D eigenvalue weighted by molar-refractivity contribution is -0.141. The van der Waals surface area contributed by atoms with Gasteiger partial charge in [-0.05, 0) is 29.2 Å². The summed E-state index contributed by atoms with van der Waals surface area (Å²) in [4.78, 5) is 14.4. The molecular weight excluding hydrogens is 478 g/mol. The summed E-state index contributed by atoms with van der Waals surface area (Å²) < 4.78 is 57.0. The van der Waals surface area contributed by atoms with Crippen molar-refractivity contribution in [2.45, 2.75) is 38.5 Å². The average molecular weight is 498 g/mol. The number of thiophene rings is 1. The lowest BCUT2D eigenvalue weighted by Crippen LogP contribution is -2.38. The van der Waals surface area contributed by atoms with E-state index in [4.69, 9.17) is 11.6 Å². The molecule has 4 nitrogen and oxygen atoms in total. The Morgan fingerprint density at radius 2 is 2.00 bits per heavy atom. The van der Waals surface area contributed by atoms with Gasteiger partial charge in [0.05, 0.1) is 10.9 Å². The Morgan fingerprint density at radius 1 is 1.27 bits per heavy atom. The number of alkyl halides is 3. The maximum Gasteiger partial charge on any atom is 0.435 e. The number of aryl methyl sites for hydroxylation is 1. The highest BCUT2D eigenvalue weighted by Crippen LogP contribution is 2.45. The number of aromatic nitrogens is 2. The first-order valence-electron chi connectivity index (χ1n) is 10.3. The van der Waals surface area contributed by atoms with Crippen molar-refractivity contribution >= 4 is 28.8 Å². The van der Waals surface area contributed by atoms with E-state index in [-0.39, 0.29) is 18.7 Å². The third-order valence-corrected chi connectivity index (χ3v) is 6.82. The number of amides is 1. The van der Waals surface area contributed by atoms with E-state index in [1.807, 2.05) is 6.92 Å². The molecule has 0 spiro atoms. The Morgan fingerprint density at radius 3 is 2.67 bits per heavy atom. The predicted octanol–water partition coefficient (Wildman–Crippen LogP) is 6.65. The molecular formula is C23H20ClF4N3OS. The minimum Gasteiger partial charge on any atom is -0.331 e. The van der Waals surface area contributed by atoms with E-state index in [9.17, 15) is 22.4 Å². The van der Waals surface area contributed by atoms with Gasteiger partial charge in [-0.25, -0.2) is 4.39 Å². The molecule has 2 aromatic heterocycles. The summed E-state index contributed by atoms with van der Waals surface area (Å²) in [6, 6.07) is 8.49. The summed E-state index contributed by atoms with van der Waals surface area (Å²) >= 11 is 7.50. The average Bonchev–Trinajstić information content (AvgIpc) is 3.35. The van der Waals surface area contributed by atoms with Crippen LogP contribution in [0.25, 0.3) is 11.1 Å². The van der Waals surface area contributed by atoms with E-state index in [2.05, 4.69) is 11.7 Å². The van der Waals surface area contributed by atoms with Gasteiger partial charge in [0.15, 0.2) is 11.5 Å². The van der Waals surface area contributed by atoms with E-state index in [1.165, 1.54) is 27.1 Å². The summed E-state index contributed by atoms with van der Waals surface area (Å²) in [6.07, 6.45) is -2.61. The van der Waals surface area contributed by atoms with E-state index < -0.39 is 29.5 Å². The number of hydrogen-bond donors (Lipinski definition) is 0. The predicted molar refractivity (Wildman–Crippen MR) is 120 cm³/mol. The van der Waals surface area contributed by atoms with Gasteiger partial charge in [0.1, 0.15) is 0 Å². The second-order valence-electron chi connectivity index (χ2n) is 7.81. The molecule has 1 atom stereocenters. The molecule has 0 fully saturated rings. The topological polar surface area (TPSA) is 38.1 Å². The number of rotatable bonds is 5. The van der Waals surface area contributed by atoms with Crippen LogP contribution < -0.4 is 0 Å². The molecule has 0 unspecified atom stereocenters. The molecule has 0 N–H and O–H groups in total. The van der Waals surface area contributed by atoms with Crippen LogP contribution in [0.15, 0.2) is 48.9 Å². The summed E-state index contributed by atoms with van der Waals surface area (Å²) in [5.74, 6) is -2.43. The number of fused-ring (bicyclic) bond motifs is 1. The smallest absolute Gasteiger partial charge is 0.331 e. The van der Waals surface area contributed by atoms with Gasteiger partial charge in [0.2, 0.25) is 0 Å². The minimum absolute atomic E-state index is 0.0345. The first-order chi connectivity index (χ1) is 15.6. The molecule has 1 amide bonds. The Labute approximate surface area is 197 Å². The van der Waals surface area contributed by atoms with E-state index in [0.29, 0.717) is 28.4 Å². The fourth-order valence-corrected chi connectivity index (χ4v) is 5.55. The zero-order valence-corrected chi connectivity index (χ0v) is 19.2. The number of benzene rings is 1. The fourth-order valence-electron chi connectivity index (χ4n) is 4.19. The molecule has 174 valence electrons. The van der Waals surface area contributed by atoms with Crippen LogP contribution in [0.1, 0.15) is 41.0 Å². The van der Waals surface area contributed by atoms with Crippen LogP contribution in [0, 0.1) is 0 Å². The summed E-state index contributed by atoms with van der Waals surface area (Å²) in [5, 5.41) is 3.80. The Bertz CT molecular complexity index is 1220. The molecule has 1 aliphatic rings. The number of halogens is 5. The van der Waals surface area contributed by atoms with Crippen LogP contribution in [0.5, 0.6) is 0 Å². The minimum atomic E-state index is -4.64. The number of hydrogen-bond acceptors (Lipinski definition) is 3. The maximum atomic E-state index is 13.9. The van der Waals surface area contributed by atoms with Gasteiger partial charge in [-0.2, -0.15) is 18.3 Å². The van der Waals surface area contributed by atoms with Crippen molar-refractivity contribution < 1.29 is 22.4 Å². The Kier molecular flexibility index (Phi) is 6.37. The van der Waals surface area contributed by atoms with Crippen LogP contribution in [0.2, 0.25) is 4.34 Å². The SMILES string of the molecule is C=C(F)C(=O)N1Cc2sc(Cl)cc2[C@@H](c2ccccc2-c2cn(CCC)nc2C(F)(F)F)C1. The Hall–Kier alpha value is -2.65. The molecule has 4 rings (SSSR count). The van der Waals surface area contributed by atoms with Crippen molar-refractivity contribution in [1.82, 2.24) is 14.7 Å². The molecule has 1 aliphatic heterocycles. The zero-order valence-electron chi connectivity index (χ0n) is 17.6. The number of carbonyl (C=O) groups is 1. The molecule has 3 heterocycles. The molecule has 3 aromatic rings. The van der Waals surface area contributed by atoms with Crippen LogP contribution in [-0.2, 0) is 24.1 Å². The third kappa shape index (κ3) is 4.56. The highest BCUT2D eigenvalue weighted by atomic mass is 35.5. The molecule has 1 aromatic carbocycles. The van der Waals surface area contributed by atoms with Crippen molar-refractivity contribution in [3.05, 3.63) is 75.0 Å². The lowest BCUT2D eigenvalue weighted by atomic mass is 9.84. The van der Waals surface area contributed by atoms with Crippen molar-refractivity contribution in [1.29, 1.82) is 0 Å². The van der Waals surface area contributed by atoms with Gasteiger partial charge in [-0.3, -0.25) is 9.48 Å². The number of nitrogens with zero attached hydrogens (tertiary/aromatic N) is 3. The van der Waals surface area contributed by atoms with Crippen LogP contribution in [-0.4, -0.2) is 27.1 Å². The van der Waals surface area contributed by atoms with Gasteiger partial charge < -0.3 is 4.90 Å². The first kappa shape index (κ1) is 23.5. The molecule has 0 saturated heterocycles. The standard InChI is InChI=1S/C23H20ClF4N3OS/c1-3-8-31-11-18(21(29-31)23(26,27)28)15-7-5-4-6-14(15)17-10-30(22(32)13(2)25)12-19-16(17)9-20(24)33-19/h4-7,9,11,17H,2-3,8,10,12H2,1H3/t17-/m1/s1. The highest BCUT2D eigenvalue weighted by Gasteiger charge is 2.39. The Balaban J connectivity index is 1.87. The second kappa shape index (κ2) is 8.95. The largest absolute Gasteiger partial charge is 0.435 e. The second-order valence-corrected chi connectivity index (χ2v) is 9.58. The van der Waals surface area contributed by atoms with E-state index >= 15 is 0 Å². The molecule has 0 aliphatic carbocycles. The quantitative estimate of drug-likeness (QED) is 0.292. The van der Waals surface area contributed by atoms with Crippen LogP contribution in [0.3, 0.4) is 0 Å². The van der Waals surface area contributed by atoms with Crippen molar-refractivity contribution in [3.8, 4) is 11.1 Å². The molecule has 0 saturated carbocycles. The summed E-state index contributed by atoms with van der Waals surface area (Å²) in [6.45, 7) is 5.55. The van der Waals surface area contributed by atoms with Crippen molar-refractivity contribution in [2.24, 2.45) is 0 Å². The van der Waals surface area contributed by atoms with E-state index in [0.717, 1.165) is 10.4 Å². The highest BCUT2D eigenvalue weighted by molar-refractivity contribution is 7.16. The van der Waals surface area contributed by atoms with Gasteiger partial charge in [-0.1, -0.05) is 49.4 Å². The van der Waals surface area contributed by atoms with Gasteiger partial charge >= 0.3 is 6.18 Å². The monoisotopic (exact) mass is 497 g/mol. The zero-order chi connectivity index (χ0) is 23.9. The maximum absolute atomic E-state index is 13.9. The van der Waals surface area contributed by atoms with Crippen LogP contribution in [0.4, 0.5) is 17.6 Å². The fraction of sp³-hybridized carbons (Fsp3) is 0.304. The first-order valence-corrected chi connectivity index (χ1v) is 11.4. The summed E-state index contributed by atoms with van der Waals surface area (Å²) in [7, 11) is 0. The lowest BCUT2D eigenvalue weighted by Gasteiger charge is -2.33. The van der Waals surface area contributed by atoms with E-state index in [1.54, 1.807) is 30.3 Å². The van der Waals surface area contributed by atoms with Gasteiger partial charge in [-0.15, -0.1) is 11.3 Å². The van der Waals surface area contributed by atoms with Gasteiger partial charge in [0, 0.05) is 35.6 Å². The molecule has 10 heteroatoms. The normalized spacial score (nSPS) is 16.1. The van der Waals surface area contributed by atoms with Crippen molar-refractivity contribution in [3.63, 3.8) is 0 Å². The van der Waals surface area contributed by atoms with Crippen LogP contribution >= 0.6 is 22.9 Å². The number of carbonyl (C=O) groups excluding carboxylic acids is 1. The molecule has 0 bridgehead atoms. The summed E-state index contributed by atoms with van der Waals surface area (Å²) in [5.41, 5.74) is 0.761. The molecule has 33 heavy (non-hydrogen) atoms.